The summed E-state index contributed by atoms with van der Waals surface area (Å²) in [5, 5.41) is 0. The Hall–Kier alpha value is -0.240. The average molecular weight is 290 g/mol. The van der Waals surface area contributed by atoms with E-state index in [1.807, 2.05) is 13.8 Å². The molecule has 0 bridgehead atoms. The quantitative estimate of drug-likeness (QED) is 0.597. The summed E-state index contributed by atoms with van der Waals surface area (Å²) in [5.74, 6) is 0. The van der Waals surface area contributed by atoms with Crippen molar-refractivity contribution in [1.29, 1.82) is 0 Å². The highest BCUT2D eigenvalue weighted by atomic mass is 16.7. The van der Waals surface area contributed by atoms with Crippen molar-refractivity contribution in [3.05, 3.63) is 0 Å². The van der Waals surface area contributed by atoms with Gasteiger partial charge < -0.3 is 28.4 Å². The Morgan fingerprint density at radius 2 is 1.10 bits per heavy atom. The van der Waals surface area contributed by atoms with Gasteiger partial charge in [0.15, 0.2) is 12.6 Å². The molecular weight excluding hydrogens is 264 g/mol. The molecule has 0 saturated carbocycles. The standard InChI is InChI=1S/C14H26O6/c1-11(9-13-17-5-6-18-13)15-3-4-16-12(2)10-14-19-7-8-20-14/h11-14H,3-10H2,1-2H3. The second-order valence-corrected chi connectivity index (χ2v) is 5.18. The molecule has 0 spiro atoms. The molecule has 2 heterocycles. The largest absolute Gasteiger partial charge is 0.376 e. The van der Waals surface area contributed by atoms with Gasteiger partial charge in [0.2, 0.25) is 0 Å². The van der Waals surface area contributed by atoms with Gasteiger partial charge in [0.1, 0.15) is 0 Å². The van der Waals surface area contributed by atoms with E-state index in [2.05, 4.69) is 0 Å². The molecular formula is C14H26O6. The van der Waals surface area contributed by atoms with E-state index in [9.17, 15) is 0 Å². The Bertz CT molecular complexity index is 224. The molecule has 0 radical (unpaired) electrons. The maximum Gasteiger partial charge on any atom is 0.160 e. The number of rotatable bonds is 9. The zero-order valence-electron chi connectivity index (χ0n) is 12.4. The van der Waals surface area contributed by atoms with E-state index in [-0.39, 0.29) is 24.8 Å². The lowest BCUT2D eigenvalue weighted by Gasteiger charge is -2.19. The third-order valence-corrected chi connectivity index (χ3v) is 3.32. The maximum absolute atomic E-state index is 5.68. The Balaban J connectivity index is 1.45. The van der Waals surface area contributed by atoms with E-state index in [0.717, 1.165) is 12.8 Å². The molecule has 2 atom stereocenters. The number of hydrogen-bond acceptors (Lipinski definition) is 6. The number of ether oxygens (including phenoxy) is 6. The third kappa shape index (κ3) is 6.03. The van der Waals surface area contributed by atoms with Gasteiger partial charge in [-0.3, -0.25) is 0 Å². The zero-order chi connectivity index (χ0) is 14.2. The smallest absolute Gasteiger partial charge is 0.160 e. The number of hydrogen-bond donors (Lipinski definition) is 0. The van der Waals surface area contributed by atoms with Gasteiger partial charge in [0, 0.05) is 12.8 Å². The fourth-order valence-electron chi connectivity index (χ4n) is 2.26. The van der Waals surface area contributed by atoms with E-state index >= 15 is 0 Å². The first kappa shape index (κ1) is 16.1. The van der Waals surface area contributed by atoms with E-state index < -0.39 is 0 Å². The van der Waals surface area contributed by atoms with Crippen LogP contribution in [0.15, 0.2) is 0 Å². The summed E-state index contributed by atoms with van der Waals surface area (Å²) in [6.07, 6.45) is 1.53. The summed E-state index contributed by atoms with van der Waals surface area (Å²) in [7, 11) is 0. The molecule has 6 heteroatoms. The van der Waals surface area contributed by atoms with Crippen LogP contribution in [-0.2, 0) is 28.4 Å². The fourth-order valence-corrected chi connectivity index (χ4v) is 2.26. The van der Waals surface area contributed by atoms with Crippen molar-refractivity contribution in [2.45, 2.75) is 51.5 Å². The SMILES string of the molecule is CC(CC1OCCO1)OCCOC(C)CC1OCCO1. The van der Waals surface area contributed by atoms with Crippen LogP contribution in [0.4, 0.5) is 0 Å². The van der Waals surface area contributed by atoms with Crippen LogP contribution in [0.1, 0.15) is 26.7 Å². The Morgan fingerprint density at radius 1 is 0.750 bits per heavy atom. The van der Waals surface area contributed by atoms with E-state index in [0.29, 0.717) is 39.6 Å². The van der Waals surface area contributed by atoms with Crippen molar-refractivity contribution >= 4 is 0 Å². The summed E-state index contributed by atoms with van der Waals surface area (Å²) < 4.78 is 32.9. The molecule has 118 valence electrons. The first-order chi connectivity index (χ1) is 9.74. The molecule has 0 N–H and O–H groups in total. The van der Waals surface area contributed by atoms with Crippen molar-refractivity contribution in [3.63, 3.8) is 0 Å². The summed E-state index contributed by atoms with van der Waals surface area (Å²) in [4.78, 5) is 0. The lowest BCUT2D eigenvalue weighted by molar-refractivity contribution is -0.0994. The van der Waals surface area contributed by atoms with Gasteiger partial charge in [0.25, 0.3) is 0 Å². The molecule has 0 aliphatic carbocycles. The molecule has 2 fully saturated rings. The van der Waals surface area contributed by atoms with Crippen LogP contribution in [0.25, 0.3) is 0 Å². The predicted molar refractivity (Wildman–Crippen MR) is 71.4 cm³/mol. The molecule has 2 aliphatic heterocycles. The van der Waals surface area contributed by atoms with Crippen LogP contribution in [-0.4, -0.2) is 64.4 Å². The van der Waals surface area contributed by atoms with Crippen LogP contribution in [0.5, 0.6) is 0 Å². The molecule has 20 heavy (non-hydrogen) atoms. The molecule has 0 aromatic rings. The molecule has 0 aromatic carbocycles. The van der Waals surface area contributed by atoms with Crippen molar-refractivity contribution in [2.75, 3.05) is 39.6 Å². The molecule has 2 aliphatic rings. The Kier molecular flexibility index (Phi) is 7.19. The summed E-state index contributed by atoms with van der Waals surface area (Å²) in [5.41, 5.74) is 0. The monoisotopic (exact) mass is 290 g/mol. The molecule has 0 aromatic heterocycles. The van der Waals surface area contributed by atoms with Gasteiger partial charge in [-0.15, -0.1) is 0 Å². The second kappa shape index (κ2) is 8.92. The van der Waals surface area contributed by atoms with Gasteiger partial charge in [-0.1, -0.05) is 0 Å². The lowest BCUT2D eigenvalue weighted by atomic mass is 10.3. The van der Waals surface area contributed by atoms with Crippen molar-refractivity contribution in [2.24, 2.45) is 0 Å². The lowest BCUT2D eigenvalue weighted by Crippen LogP contribution is -2.23. The second-order valence-electron chi connectivity index (χ2n) is 5.18. The van der Waals surface area contributed by atoms with Crippen molar-refractivity contribution in [1.82, 2.24) is 0 Å². The van der Waals surface area contributed by atoms with Crippen LogP contribution in [0, 0.1) is 0 Å². The highest BCUT2D eigenvalue weighted by molar-refractivity contribution is 4.60. The maximum atomic E-state index is 5.68. The molecule has 2 saturated heterocycles. The fraction of sp³-hybridized carbons (Fsp3) is 1.00. The summed E-state index contributed by atoms with van der Waals surface area (Å²) >= 11 is 0. The minimum atomic E-state index is -0.110. The third-order valence-electron chi connectivity index (χ3n) is 3.32. The van der Waals surface area contributed by atoms with Crippen LogP contribution in [0.2, 0.25) is 0 Å². The van der Waals surface area contributed by atoms with Crippen LogP contribution < -0.4 is 0 Å². The Labute approximate surface area is 120 Å². The van der Waals surface area contributed by atoms with Gasteiger partial charge in [0.05, 0.1) is 51.8 Å². The first-order valence-electron chi connectivity index (χ1n) is 7.43. The van der Waals surface area contributed by atoms with Crippen LogP contribution >= 0.6 is 0 Å². The highest BCUT2D eigenvalue weighted by Gasteiger charge is 2.20. The normalized spacial score (nSPS) is 24.3. The highest BCUT2D eigenvalue weighted by Crippen LogP contribution is 2.13. The predicted octanol–water partition coefficient (Wildman–Crippen LogP) is 1.32. The topological polar surface area (TPSA) is 55.4 Å². The van der Waals surface area contributed by atoms with Crippen molar-refractivity contribution < 1.29 is 28.4 Å². The summed E-state index contributed by atoms with van der Waals surface area (Å²) in [6.45, 7) is 7.93. The minimum Gasteiger partial charge on any atom is -0.376 e. The Morgan fingerprint density at radius 3 is 1.45 bits per heavy atom. The molecule has 2 rings (SSSR count). The van der Waals surface area contributed by atoms with Gasteiger partial charge in [-0.2, -0.15) is 0 Å². The molecule has 0 amide bonds. The van der Waals surface area contributed by atoms with E-state index in [4.69, 9.17) is 28.4 Å². The minimum absolute atomic E-state index is 0.110. The molecule has 6 nitrogen and oxygen atoms in total. The van der Waals surface area contributed by atoms with E-state index in [1.165, 1.54) is 0 Å². The van der Waals surface area contributed by atoms with Crippen molar-refractivity contribution in [3.8, 4) is 0 Å². The average Bonchev–Trinajstić information content (AvgIpc) is 3.08. The van der Waals surface area contributed by atoms with Crippen LogP contribution in [0.3, 0.4) is 0 Å². The first-order valence-corrected chi connectivity index (χ1v) is 7.43. The molecule has 2 unspecified atom stereocenters. The summed E-state index contributed by atoms with van der Waals surface area (Å²) in [6, 6.07) is 0. The zero-order valence-corrected chi connectivity index (χ0v) is 12.4. The van der Waals surface area contributed by atoms with Gasteiger partial charge >= 0.3 is 0 Å². The van der Waals surface area contributed by atoms with Gasteiger partial charge in [-0.05, 0) is 13.8 Å². The van der Waals surface area contributed by atoms with E-state index in [1.54, 1.807) is 0 Å². The van der Waals surface area contributed by atoms with Gasteiger partial charge in [-0.25, -0.2) is 0 Å².